The molecule has 0 amide bonds. The maximum atomic E-state index is 11.8. The molecule has 0 N–H and O–H groups in total. The number of hydrogen-bond acceptors (Lipinski definition) is 4. The summed E-state index contributed by atoms with van der Waals surface area (Å²) >= 11 is 0. The zero-order valence-corrected chi connectivity index (χ0v) is 20.0. The summed E-state index contributed by atoms with van der Waals surface area (Å²) in [5.74, 6) is -0.558. The fraction of sp³-hybridized carbons (Fsp3) is 0.0667. The summed E-state index contributed by atoms with van der Waals surface area (Å²) in [5.41, 5.74) is 2.32. The summed E-state index contributed by atoms with van der Waals surface area (Å²) < 4.78 is 0. The molecule has 0 saturated heterocycles. The molecule has 0 atom stereocenters. The largest absolute Gasteiger partial charge is 0.294 e. The first-order valence-electron chi connectivity index (χ1n) is 10.9. The molecule has 0 unspecified atom stereocenters. The monoisotopic (exact) mass is 507 g/mol. The van der Waals surface area contributed by atoms with Crippen LogP contribution in [0.25, 0.3) is 0 Å². The molecule has 177 valence electrons. The van der Waals surface area contributed by atoms with Gasteiger partial charge >= 0.3 is 0 Å². The predicted octanol–water partition coefficient (Wildman–Crippen LogP) is 6.28. The van der Waals surface area contributed by atoms with Gasteiger partial charge < -0.3 is 0 Å². The molecule has 0 spiro atoms. The number of ketones is 4. The standard InChI is InChI=1S/2C15H12O2.Co/c2*16-14(12-7-3-1-4-8-12)11-15(17)13-9-5-2-6-10-13;/h2*1-10H,11H2;. The molecule has 0 aromatic heterocycles. The van der Waals surface area contributed by atoms with E-state index >= 15 is 0 Å². The maximum Gasteiger partial charge on any atom is 0.170 e. The van der Waals surface area contributed by atoms with Gasteiger partial charge in [-0.25, -0.2) is 0 Å². The summed E-state index contributed by atoms with van der Waals surface area (Å²) in [6.45, 7) is 0. The van der Waals surface area contributed by atoms with Crippen molar-refractivity contribution in [2.45, 2.75) is 12.8 Å². The molecular weight excluding hydrogens is 483 g/mol. The van der Waals surface area contributed by atoms with Crippen LogP contribution in [0, 0.1) is 0 Å². The van der Waals surface area contributed by atoms with Gasteiger partial charge in [-0.15, -0.1) is 0 Å². The molecule has 0 aliphatic carbocycles. The maximum absolute atomic E-state index is 11.8. The summed E-state index contributed by atoms with van der Waals surface area (Å²) in [6.07, 6.45) is -0.151. The van der Waals surface area contributed by atoms with Crippen LogP contribution in [-0.2, 0) is 16.8 Å². The van der Waals surface area contributed by atoms with Crippen molar-refractivity contribution in [1.29, 1.82) is 0 Å². The molecule has 0 aliphatic heterocycles. The van der Waals surface area contributed by atoms with Gasteiger partial charge in [0.15, 0.2) is 23.1 Å². The zero-order chi connectivity index (χ0) is 24.2. The number of carbonyl (C=O) groups is 4. The smallest absolute Gasteiger partial charge is 0.170 e. The van der Waals surface area contributed by atoms with Crippen LogP contribution in [0.2, 0.25) is 0 Å². The minimum Gasteiger partial charge on any atom is -0.294 e. The fourth-order valence-electron chi connectivity index (χ4n) is 3.20. The number of carbonyl (C=O) groups excluding carboxylic acids is 4. The average molecular weight is 507 g/mol. The summed E-state index contributed by atoms with van der Waals surface area (Å²) in [6, 6.07) is 35.5. The summed E-state index contributed by atoms with van der Waals surface area (Å²) in [4.78, 5) is 47.2. The molecule has 5 heteroatoms. The Morgan fingerprint density at radius 1 is 0.343 bits per heavy atom. The van der Waals surface area contributed by atoms with Crippen LogP contribution >= 0.6 is 0 Å². The second-order valence-electron chi connectivity index (χ2n) is 7.51. The number of benzene rings is 4. The van der Waals surface area contributed by atoms with Gasteiger partial charge in [-0.2, -0.15) is 0 Å². The van der Waals surface area contributed by atoms with Crippen molar-refractivity contribution in [2.75, 3.05) is 0 Å². The van der Waals surface area contributed by atoms with E-state index in [0.29, 0.717) is 22.3 Å². The quantitative estimate of drug-likeness (QED) is 0.208. The van der Waals surface area contributed by atoms with Gasteiger partial charge in [-0.05, 0) is 0 Å². The van der Waals surface area contributed by atoms with Crippen molar-refractivity contribution in [1.82, 2.24) is 0 Å². The SMILES string of the molecule is O=C(CC(=O)c1ccccc1)c1ccccc1.O=C(CC(=O)c1ccccc1)c1ccccc1.[Co]. The van der Waals surface area contributed by atoms with Crippen molar-refractivity contribution in [2.24, 2.45) is 0 Å². The van der Waals surface area contributed by atoms with E-state index in [9.17, 15) is 19.2 Å². The van der Waals surface area contributed by atoms with Gasteiger partial charge in [-0.3, -0.25) is 19.2 Å². The van der Waals surface area contributed by atoms with Crippen LogP contribution in [0.4, 0.5) is 0 Å². The van der Waals surface area contributed by atoms with E-state index < -0.39 is 0 Å². The minimum absolute atomic E-state index is 0. The first-order chi connectivity index (χ1) is 16.5. The Morgan fingerprint density at radius 3 is 0.686 bits per heavy atom. The molecule has 4 rings (SSSR count). The third-order valence-electron chi connectivity index (χ3n) is 5.03. The van der Waals surface area contributed by atoms with Gasteiger partial charge in [0.2, 0.25) is 0 Å². The normalized spacial score (nSPS) is 9.60. The van der Waals surface area contributed by atoms with Crippen LogP contribution in [0.1, 0.15) is 54.3 Å². The van der Waals surface area contributed by atoms with Crippen molar-refractivity contribution in [3.8, 4) is 0 Å². The molecule has 4 aromatic carbocycles. The molecule has 0 aliphatic rings. The molecule has 1 radical (unpaired) electrons. The second kappa shape index (κ2) is 14.4. The molecule has 4 aromatic rings. The van der Waals surface area contributed by atoms with Crippen LogP contribution < -0.4 is 0 Å². The third-order valence-corrected chi connectivity index (χ3v) is 5.03. The van der Waals surface area contributed by atoms with E-state index in [0.717, 1.165) is 0 Å². The van der Waals surface area contributed by atoms with Crippen molar-refractivity contribution >= 4 is 23.1 Å². The van der Waals surface area contributed by atoms with Crippen molar-refractivity contribution < 1.29 is 36.0 Å². The van der Waals surface area contributed by atoms with E-state index in [1.54, 1.807) is 97.1 Å². The Morgan fingerprint density at radius 2 is 0.514 bits per heavy atom. The first kappa shape index (κ1) is 27.3. The van der Waals surface area contributed by atoms with Crippen molar-refractivity contribution in [3.05, 3.63) is 144 Å². The van der Waals surface area contributed by atoms with Crippen LogP contribution in [0.3, 0.4) is 0 Å². The number of rotatable bonds is 8. The molecule has 35 heavy (non-hydrogen) atoms. The van der Waals surface area contributed by atoms with Crippen LogP contribution in [-0.4, -0.2) is 23.1 Å². The number of hydrogen-bond donors (Lipinski definition) is 0. The second-order valence-corrected chi connectivity index (χ2v) is 7.51. The topological polar surface area (TPSA) is 68.3 Å². The summed E-state index contributed by atoms with van der Waals surface area (Å²) in [5, 5.41) is 0. The molecule has 4 nitrogen and oxygen atoms in total. The van der Waals surface area contributed by atoms with Gasteiger partial charge in [0.05, 0.1) is 12.8 Å². The molecule has 0 bridgehead atoms. The minimum atomic E-state index is -0.139. The van der Waals surface area contributed by atoms with Crippen LogP contribution in [0.5, 0.6) is 0 Å². The first-order valence-corrected chi connectivity index (χ1v) is 10.9. The Labute approximate surface area is 215 Å². The molecule has 0 heterocycles. The van der Waals surface area contributed by atoms with Crippen LogP contribution in [0.15, 0.2) is 121 Å². The summed E-state index contributed by atoms with van der Waals surface area (Å²) in [7, 11) is 0. The van der Waals surface area contributed by atoms with Gasteiger partial charge in [0, 0.05) is 39.0 Å². The van der Waals surface area contributed by atoms with Crippen molar-refractivity contribution in [3.63, 3.8) is 0 Å². The molecule has 0 saturated carbocycles. The van der Waals surface area contributed by atoms with E-state index in [-0.39, 0.29) is 52.8 Å². The van der Waals surface area contributed by atoms with Gasteiger partial charge in [0.1, 0.15) is 0 Å². The average Bonchev–Trinajstić information content (AvgIpc) is 2.91. The van der Waals surface area contributed by atoms with Gasteiger partial charge in [-0.1, -0.05) is 121 Å². The fourth-order valence-corrected chi connectivity index (χ4v) is 3.20. The Kier molecular flexibility index (Phi) is 11.2. The third kappa shape index (κ3) is 8.74. The Balaban J connectivity index is 0.000000240. The number of Topliss-reactive ketones (excluding diaryl/α,β-unsaturated/α-hetero) is 4. The Hall–Kier alpha value is -3.93. The van der Waals surface area contributed by atoms with E-state index in [1.165, 1.54) is 0 Å². The van der Waals surface area contributed by atoms with E-state index in [2.05, 4.69) is 0 Å². The van der Waals surface area contributed by atoms with E-state index in [1.807, 2.05) is 24.3 Å². The van der Waals surface area contributed by atoms with Gasteiger partial charge in [0.25, 0.3) is 0 Å². The predicted molar refractivity (Wildman–Crippen MR) is 132 cm³/mol. The molecular formula is C30H24CoO4. The zero-order valence-electron chi connectivity index (χ0n) is 18.9. The van der Waals surface area contributed by atoms with E-state index in [4.69, 9.17) is 0 Å². The Bertz CT molecular complexity index is 1040. The molecule has 0 fully saturated rings.